The molecule has 1 amide bonds. The average molecular weight is 253 g/mol. The van der Waals surface area contributed by atoms with Crippen molar-refractivity contribution in [3.05, 3.63) is 0 Å². The Morgan fingerprint density at radius 3 is 2.44 bits per heavy atom. The van der Waals surface area contributed by atoms with Gasteiger partial charge in [-0.3, -0.25) is 4.79 Å². The summed E-state index contributed by atoms with van der Waals surface area (Å²) in [6.45, 7) is 7.14. The molecule has 4 nitrogen and oxygen atoms in total. The van der Waals surface area contributed by atoms with E-state index in [1.165, 1.54) is 0 Å². The molecule has 0 aromatic carbocycles. The molecule has 0 rings (SSSR count). The van der Waals surface area contributed by atoms with Crippen LogP contribution in [-0.4, -0.2) is 31.7 Å². The van der Waals surface area contributed by atoms with Crippen LogP contribution in [0.1, 0.15) is 33.6 Å². The van der Waals surface area contributed by atoms with Crippen molar-refractivity contribution in [1.82, 2.24) is 5.32 Å². The first-order chi connectivity index (χ1) is 6.93. The molecule has 0 heterocycles. The third-order valence-corrected chi connectivity index (χ3v) is 2.28. The van der Waals surface area contributed by atoms with E-state index in [1.54, 1.807) is 7.11 Å². The number of nitrogens with two attached hydrogens (primary N) is 1. The number of amides is 1. The second-order valence-electron chi connectivity index (χ2n) is 4.65. The molecular weight excluding hydrogens is 228 g/mol. The summed E-state index contributed by atoms with van der Waals surface area (Å²) in [7, 11) is 1.59. The molecule has 3 N–H and O–H groups in total. The van der Waals surface area contributed by atoms with E-state index in [4.69, 9.17) is 10.5 Å². The molecular formula is C11H25ClN2O2. The van der Waals surface area contributed by atoms with Crippen LogP contribution in [-0.2, 0) is 9.53 Å². The van der Waals surface area contributed by atoms with Gasteiger partial charge in [0, 0.05) is 25.6 Å². The summed E-state index contributed by atoms with van der Waals surface area (Å²) < 4.78 is 4.85. The van der Waals surface area contributed by atoms with Gasteiger partial charge >= 0.3 is 0 Å². The van der Waals surface area contributed by atoms with Gasteiger partial charge in [-0.15, -0.1) is 12.4 Å². The number of hydrogen-bond donors (Lipinski definition) is 2. The van der Waals surface area contributed by atoms with Gasteiger partial charge in [-0.25, -0.2) is 0 Å². The molecule has 0 aliphatic heterocycles. The third-order valence-electron chi connectivity index (χ3n) is 2.28. The third kappa shape index (κ3) is 7.91. The van der Waals surface area contributed by atoms with Gasteiger partial charge in [-0.1, -0.05) is 13.8 Å². The van der Waals surface area contributed by atoms with Crippen LogP contribution < -0.4 is 11.1 Å². The molecule has 0 aliphatic carbocycles. The smallest absolute Gasteiger partial charge is 0.222 e. The lowest BCUT2D eigenvalue weighted by molar-refractivity contribution is -0.123. The van der Waals surface area contributed by atoms with E-state index in [9.17, 15) is 4.79 Å². The molecule has 0 aliphatic rings. The van der Waals surface area contributed by atoms with Gasteiger partial charge < -0.3 is 15.8 Å². The van der Waals surface area contributed by atoms with E-state index in [0.29, 0.717) is 25.5 Å². The SMILES string of the molecule is COCCC(=O)NC(C)(CN)CC(C)C.Cl. The molecule has 16 heavy (non-hydrogen) atoms. The van der Waals surface area contributed by atoms with Crippen LogP contribution >= 0.6 is 12.4 Å². The van der Waals surface area contributed by atoms with E-state index < -0.39 is 0 Å². The minimum Gasteiger partial charge on any atom is -0.384 e. The molecule has 0 spiro atoms. The maximum absolute atomic E-state index is 11.5. The Bertz CT molecular complexity index is 200. The average Bonchev–Trinajstić information content (AvgIpc) is 2.13. The van der Waals surface area contributed by atoms with Gasteiger partial charge in [0.05, 0.1) is 6.61 Å². The highest BCUT2D eigenvalue weighted by atomic mass is 35.5. The highest BCUT2D eigenvalue weighted by molar-refractivity contribution is 5.85. The lowest BCUT2D eigenvalue weighted by atomic mass is 9.90. The summed E-state index contributed by atoms with van der Waals surface area (Å²) in [5.41, 5.74) is 5.39. The van der Waals surface area contributed by atoms with Crippen LogP contribution in [0.15, 0.2) is 0 Å². The molecule has 0 aromatic heterocycles. The number of carbonyl (C=O) groups excluding carboxylic acids is 1. The topological polar surface area (TPSA) is 64.3 Å². The Balaban J connectivity index is 0. The van der Waals surface area contributed by atoms with Crippen LogP contribution in [0.25, 0.3) is 0 Å². The molecule has 1 atom stereocenters. The second-order valence-corrected chi connectivity index (χ2v) is 4.65. The summed E-state index contributed by atoms with van der Waals surface area (Å²) in [4.78, 5) is 11.5. The number of carbonyl (C=O) groups is 1. The Kier molecular flexibility index (Phi) is 9.92. The van der Waals surface area contributed by atoms with Crippen LogP contribution in [0.3, 0.4) is 0 Å². The lowest BCUT2D eigenvalue weighted by Crippen LogP contribution is -2.52. The second kappa shape index (κ2) is 8.79. The van der Waals surface area contributed by atoms with Gasteiger partial charge in [-0.05, 0) is 19.3 Å². The molecule has 0 bridgehead atoms. The minimum atomic E-state index is -0.293. The molecule has 0 aromatic rings. The van der Waals surface area contributed by atoms with Gasteiger partial charge in [-0.2, -0.15) is 0 Å². The fraction of sp³-hybridized carbons (Fsp3) is 0.909. The summed E-state index contributed by atoms with van der Waals surface area (Å²) in [6, 6.07) is 0. The number of hydrogen-bond acceptors (Lipinski definition) is 3. The standard InChI is InChI=1S/C11H24N2O2.ClH/c1-9(2)7-11(3,8-12)13-10(14)5-6-15-4;/h9H,5-8,12H2,1-4H3,(H,13,14);1H. The van der Waals surface area contributed by atoms with Crippen molar-refractivity contribution >= 4 is 18.3 Å². The number of rotatable bonds is 7. The quantitative estimate of drug-likeness (QED) is 0.719. The van der Waals surface area contributed by atoms with Crippen molar-refractivity contribution in [3.63, 3.8) is 0 Å². The van der Waals surface area contributed by atoms with E-state index in [-0.39, 0.29) is 23.9 Å². The van der Waals surface area contributed by atoms with Crippen LogP contribution in [0.5, 0.6) is 0 Å². The largest absolute Gasteiger partial charge is 0.384 e. The molecule has 1 unspecified atom stereocenters. The monoisotopic (exact) mass is 252 g/mol. The predicted octanol–water partition coefficient (Wildman–Crippen LogP) is 1.32. The van der Waals surface area contributed by atoms with Crippen molar-refractivity contribution in [2.45, 2.75) is 39.2 Å². The minimum absolute atomic E-state index is 0. The Hall–Kier alpha value is -0.320. The fourth-order valence-corrected chi connectivity index (χ4v) is 1.68. The van der Waals surface area contributed by atoms with Crippen molar-refractivity contribution in [2.75, 3.05) is 20.3 Å². The first-order valence-corrected chi connectivity index (χ1v) is 5.43. The Morgan fingerprint density at radius 2 is 2.06 bits per heavy atom. The fourth-order valence-electron chi connectivity index (χ4n) is 1.68. The Labute approximate surface area is 105 Å². The van der Waals surface area contributed by atoms with Crippen molar-refractivity contribution < 1.29 is 9.53 Å². The normalized spacial score (nSPS) is 14.1. The van der Waals surface area contributed by atoms with Gasteiger partial charge in [0.1, 0.15) is 0 Å². The van der Waals surface area contributed by atoms with E-state index >= 15 is 0 Å². The van der Waals surface area contributed by atoms with Crippen LogP contribution in [0.2, 0.25) is 0 Å². The predicted molar refractivity (Wildman–Crippen MR) is 68.8 cm³/mol. The van der Waals surface area contributed by atoms with Crippen molar-refractivity contribution in [1.29, 1.82) is 0 Å². The lowest BCUT2D eigenvalue weighted by Gasteiger charge is -2.31. The number of methoxy groups -OCH3 is 1. The first-order valence-electron chi connectivity index (χ1n) is 5.43. The first kappa shape index (κ1) is 18.1. The molecule has 0 saturated heterocycles. The molecule has 0 radical (unpaired) electrons. The van der Waals surface area contributed by atoms with Crippen molar-refractivity contribution in [2.24, 2.45) is 11.7 Å². The van der Waals surface area contributed by atoms with Crippen LogP contribution in [0, 0.1) is 5.92 Å². The number of nitrogens with one attached hydrogen (secondary N) is 1. The zero-order valence-corrected chi connectivity index (χ0v) is 11.5. The van der Waals surface area contributed by atoms with Crippen LogP contribution in [0.4, 0.5) is 0 Å². The van der Waals surface area contributed by atoms with Gasteiger partial charge in [0.25, 0.3) is 0 Å². The van der Waals surface area contributed by atoms with Gasteiger partial charge in [0.15, 0.2) is 0 Å². The summed E-state index contributed by atoms with van der Waals surface area (Å²) >= 11 is 0. The maximum Gasteiger partial charge on any atom is 0.222 e. The molecule has 5 heteroatoms. The van der Waals surface area contributed by atoms with E-state index in [0.717, 1.165) is 6.42 Å². The highest BCUT2D eigenvalue weighted by Crippen LogP contribution is 2.15. The summed E-state index contributed by atoms with van der Waals surface area (Å²) in [5, 5.41) is 2.97. The molecule has 0 fully saturated rings. The summed E-state index contributed by atoms with van der Waals surface area (Å²) in [5.74, 6) is 0.520. The summed E-state index contributed by atoms with van der Waals surface area (Å²) in [6.07, 6.45) is 1.28. The maximum atomic E-state index is 11.5. The highest BCUT2D eigenvalue weighted by Gasteiger charge is 2.25. The van der Waals surface area contributed by atoms with E-state index in [1.807, 2.05) is 6.92 Å². The Morgan fingerprint density at radius 1 is 1.50 bits per heavy atom. The van der Waals surface area contributed by atoms with Gasteiger partial charge in [0.2, 0.25) is 5.91 Å². The zero-order chi connectivity index (χ0) is 11.9. The zero-order valence-electron chi connectivity index (χ0n) is 10.7. The molecule has 0 saturated carbocycles. The molecule has 98 valence electrons. The number of halogens is 1. The number of ether oxygens (including phenoxy) is 1. The van der Waals surface area contributed by atoms with Crippen molar-refractivity contribution in [3.8, 4) is 0 Å². The van der Waals surface area contributed by atoms with E-state index in [2.05, 4.69) is 19.2 Å².